The Morgan fingerprint density at radius 1 is 1.33 bits per heavy atom. The maximum Gasteiger partial charge on any atom is 0.416 e. The quantitative estimate of drug-likeness (QED) is 0.809. The number of benzene rings is 1. The topological polar surface area (TPSA) is 41.1 Å². The fraction of sp³-hybridized carbons (Fsp3) is 0.471. The molecule has 1 amide bonds. The van der Waals surface area contributed by atoms with Crippen molar-refractivity contribution in [3.63, 3.8) is 0 Å². The van der Waals surface area contributed by atoms with Gasteiger partial charge in [-0.15, -0.1) is 12.4 Å². The smallest absolute Gasteiger partial charge is 0.352 e. The van der Waals surface area contributed by atoms with E-state index in [1.165, 1.54) is 11.6 Å². The maximum absolute atomic E-state index is 12.7. The molecule has 1 aliphatic carbocycles. The Morgan fingerprint density at radius 3 is 2.79 bits per heavy atom. The molecule has 7 heteroatoms. The van der Waals surface area contributed by atoms with Gasteiger partial charge in [0, 0.05) is 19.0 Å². The zero-order valence-electron chi connectivity index (χ0n) is 13.0. The molecule has 0 spiro atoms. The van der Waals surface area contributed by atoms with Crippen LogP contribution in [0.5, 0.6) is 0 Å². The van der Waals surface area contributed by atoms with Crippen LogP contribution < -0.4 is 10.6 Å². The van der Waals surface area contributed by atoms with Gasteiger partial charge in [0.25, 0.3) is 0 Å². The third-order valence-corrected chi connectivity index (χ3v) is 4.42. The molecule has 2 N–H and O–H groups in total. The van der Waals surface area contributed by atoms with Gasteiger partial charge in [-0.2, -0.15) is 13.2 Å². The number of hydrogen-bond donors (Lipinski definition) is 2. The second-order valence-electron chi connectivity index (χ2n) is 6.11. The van der Waals surface area contributed by atoms with E-state index < -0.39 is 11.7 Å². The minimum Gasteiger partial charge on any atom is -0.352 e. The lowest BCUT2D eigenvalue weighted by atomic mass is 10.0. The first kappa shape index (κ1) is 18.8. The summed E-state index contributed by atoms with van der Waals surface area (Å²) >= 11 is 0. The molecule has 0 radical (unpaired) electrons. The van der Waals surface area contributed by atoms with Gasteiger partial charge in [0.2, 0.25) is 5.91 Å². The lowest BCUT2D eigenvalue weighted by molar-refractivity contribution is -0.137. The van der Waals surface area contributed by atoms with Gasteiger partial charge >= 0.3 is 6.18 Å². The van der Waals surface area contributed by atoms with E-state index in [9.17, 15) is 18.0 Å². The SMILES string of the molecule is Cl.O=C(NCC1=CCNCC1)C1CC1c1cccc(C(F)(F)F)c1. The van der Waals surface area contributed by atoms with Crippen LogP contribution >= 0.6 is 12.4 Å². The number of nitrogens with one attached hydrogen (secondary N) is 2. The number of hydrogen-bond acceptors (Lipinski definition) is 2. The van der Waals surface area contributed by atoms with Crippen molar-refractivity contribution in [3.05, 3.63) is 47.0 Å². The van der Waals surface area contributed by atoms with Crippen LogP contribution in [0.15, 0.2) is 35.9 Å². The van der Waals surface area contributed by atoms with Crippen LogP contribution in [0.2, 0.25) is 0 Å². The molecule has 1 aliphatic heterocycles. The number of rotatable bonds is 4. The van der Waals surface area contributed by atoms with Gasteiger partial charge in [-0.1, -0.05) is 29.8 Å². The van der Waals surface area contributed by atoms with E-state index in [-0.39, 0.29) is 30.2 Å². The Bertz CT molecular complexity index is 631. The molecule has 0 bridgehead atoms. The molecule has 1 aromatic carbocycles. The first-order chi connectivity index (χ1) is 10.9. The van der Waals surface area contributed by atoms with E-state index in [0.717, 1.165) is 31.6 Å². The minimum atomic E-state index is -4.34. The molecule has 2 aliphatic rings. The van der Waals surface area contributed by atoms with Crippen molar-refractivity contribution < 1.29 is 18.0 Å². The largest absolute Gasteiger partial charge is 0.416 e. The molecule has 0 saturated heterocycles. The molecule has 3 nitrogen and oxygen atoms in total. The van der Waals surface area contributed by atoms with Crippen LogP contribution in [-0.2, 0) is 11.0 Å². The first-order valence-electron chi connectivity index (χ1n) is 7.78. The van der Waals surface area contributed by atoms with Crippen molar-refractivity contribution in [2.24, 2.45) is 5.92 Å². The summed E-state index contributed by atoms with van der Waals surface area (Å²) in [6.45, 7) is 2.27. The number of carbonyl (C=O) groups is 1. The van der Waals surface area contributed by atoms with E-state index in [1.807, 2.05) is 0 Å². The number of carbonyl (C=O) groups excluding carboxylic acids is 1. The molecular formula is C17H20ClF3N2O. The average Bonchev–Trinajstić information content (AvgIpc) is 3.34. The van der Waals surface area contributed by atoms with Crippen molar-refractivity contribution in [1.82, 2.24) is 10.6 Å². The summed E-state index contributed by atoms with van der Waals surface area (Å²) in [5, 5.41) is 6.10. The Hall–Kier alpha value is -1.53. The van der Waals surface area contributed by atoms with Crippen LogP contribution in [0, 0.1) is 5.92 Å². The Kier molecular flexibility index (Phi) is 5.93. The molecule has 1 saturated carbocycles. The summed E-state index contributed by atoms with van der Waals surface area (Å²) in [5.41, 5.74) is 1.15. The number of alkyl halides is 3. The molecule has 0 aromatic heterocycles. The van der Waals surface area contributed by atoms with E-state index in [0.29, 0.717) is 18.5 Å². The third-order valence-electron chi connectivity index (χ3n) is 4.42. The van der Waals surface area contributed by atoms with E-state index in [4.69, 9.17) is 0 Å². The molecule has 2 unspecified atom stereocenters. The van der Waals surface area contributed by atoms with Gasteiger partial charge in [-0.05, 0) is 36.9 Å². The zero-order valence-corrected chi connectivity index (χ0v) is 13.8. The second kappa shape index (κ2) is 7.57. The monoisotopic (exact) mass is 360 g/mol. The van der Waals surface area contributed by atoms with Gasteiger partial charge in [-0.25, -0.2) is 0 Å². The third kappa shape index (κ3) is 4.51. The Labute approximate surface area is 145 Å². The van der Waals surface area contributed by atoms with Crippen molar-refractivity contribution in [2.75, 3.05) is 19.6 Å². The zero-order chi connectivity index (χ0) is 16.4. The van der Waals surface area contributed by atoms with E-state index in [1.54, 1.807) is 6.07 Å². The Morgan fingerprint density at radius 2 is 2.12 bits per heavy atom. The van der Waals surface area contributed by atoms with Crippen molar-refractivity contribution >= 4 is 18.3 Å². The van der Waals surface area contributed by atoms with Gasteiger partial charge in [0.05, 0.1) is 5.56 Å². The summed E-state index contributed by atoms with van der Waals surface area (Å²) in [7, 11) is 0. The highest BCUT2D eigenvalue weighted by Crippen LogP contribution is 2.48. The van der Waals surface area contributed by atoms with Gasteiger partial charge in [0.15, 0.2) is 0 Å². The molecule has 3 rings (SSSR count). The van der Waals surface area contributed by atoms with Gasteiger partial charge in [0.1, 0.15) is 0 Å². The highest BCUT2D eigenvalue weighted by Gasteiger charge is 2.44. The molecule has 2 atom stereocenters. The predicted octanol–water partition coefficient (Wildman–Crippen LogP) is 3.27. The summed E-state index contributed by atoms with van der Waals surface area (Å²) < 4.78 is 38.2. The summed E-state index contributed by atoms with van der Waals surface area (Å²) in [4.78, 5) is 12.1. The lowest BCUT2D eigenvalue weighted by Gasteiger charge is -2.14. The van der Waals surface area contributed by atoms with Crippen molar-refractivity contribution in [1.29, 1.82) is 0 Å². The maximum atomic E-state index is 12.7. The molecule has 1 fully saturated rings. The predicted molar refractivity (Wildman–Crippen MR) is 88.1 cm³/mol. The van der Waals surface area contributed by atoms with Gasteiger partial charge in [-0.3, -0.25) is 4.79 Å². The normalized spacial score (nSPS) is 23.0. The summed E-state index contributed by atoms with van der Waals surface area (Å²) in [6, 6.07) is 5.30. The molecule has 1 aromatic rings. The second-order valence-corrected chi connectivity index (χ2v) is 6.11. The van der Waals surface area contributed by atoms with Crippen molar-refractivity contribution in [2.45, 2.75) is 24.9 Å². The average molecular weight is 361 g/mol. The van der Waals surface area contributed by atoms with Crippen LogP contribution in [0.4, 0.5) is 13.2 Å². The lowest BCUT2D eigenvalue weighted by Crippen LogP contribution is -2.30. The van der Waals surface area contributed by atoms with Gasteiger partial charge < -0.3 is 10.6 Å². The summed E-state index contributed by atoms with van der Waals surface area (Å²) in [5.74, 6) is -0.369. The van der Waals surface area contributed by atoms with E-state index in [2.05, 4.69) is 16.7 Å². The molecular weight excluding hydrogens is 341 g/mol. The molecule has 24 heavy (non-hydrogen) atoms. The first-order valence-corrected chi connectivity index (χ1v) is 7.78. The number of amides is 1. The standard InChI is InChI=1S/C17H19F3N2O.ClH/c18-17(19,20)13-3-1-2-12(8-13)14-9-15(14)16(23)22-10-11-4-6-21-7-5-11;/h1-4,8,14-15,21H,5-7,9-10H2,(H,22,23);1H. The fourth-order valence-corrected chi connectivity index (χ4v) is 2.96. The molecule has 132 valence electrons. The van der Waals surface area contributed by atoms with Crippen molar-refractivity contribution in [3.8, 4) is 0 Å². The minimum absolute atomic E-state index is 0. The van der Waals surface area contributed by atoms with Crippen LogP contribution in [0.3, 0.4) is 0 Å². The summed E-state index contributed by atoms with van der Waals surface area (Å²) in [6.07, 6.45) is -0.735. The van der Waals surface area contributed by atoms with E-state index >= 15 is 0 Å². The Balaban J connectivity index is 0.00000208. The molecule has 1 heterocycles. The fourth-order valence-electron chi connectivity index (χ4n) is 2.96. The highest BCUT2D eigenvalue weighted by molar-refractivity contribution is 5.85. The van der Waals surface area contributed by atoms with Crippen LogP contribution in [0.25, 0.3) is 0 Å². The highest BCUT2D eigenvalue weighted by atomic mass is 35.5. The van der Waals surface area contributed by atoms with Crippen LogP contribution in [-0.4, -0.2) is 25.5 Å². The van der Waals surface area contributed by atoms with Crippen LogP contribution in [0.1, 0.15) is 29.9 Å². The number of halogens is 4.